The second kappa shape index (κ2) is 26.2. The van der Waals surface area contributed by atoms with Gasteiger partial charge in [-0.05, 0) is 19.1 Å². The molecule has 0 aliphatic heterocycles. The molecule has 412 valence electrons. The Morgan fingerprint density at radius 3 is 0.718 bits per heavy atom. The number of halogens is 1. The molecule has 78 heavy (non-hydrogen) atoms. The van der Waals surface area contributed by atoms with Crippen LogP contribution in [0, 0.1) is 6.92 Å². The van der Waals surface area contributed by atoms with Gasteiger partial charge in [0.15, 0.2) is 0 Å². The maximum atomic E-state index is 11.6. The Hall–Kier alpha value is -4.16. The Labute approximate surface area is 497 Å². The maximum Gasteiger partial charge on any atom is 0.271 e. The molecule has 0 amide bonds. The first kappa shape index (κ1) is 63.0. The number of para-hydroxylation sites is 1. The van der Waals surface area contributed by atoms with E-state index in [4.69, 9.17) is 0 Å². The van der Waals surface area contributed by atoms with Crippen molar-refractivity contribution in [3.8, 4) is 5.69 Å². The van der Waals surface area contributed by atoms with Crippen LogP contribution in [0.4, 0.5) is 0 Å². The van der Waals surface area contributed by atoms with Crippen molar-refractivity contribution < 1.29 is 25.4 Å². The van der Waals surface area contributed by atoms with Crippen LogP contribution < -0.4 is 29.5 Å². The summed E-state index contributed by atoms with van der Waals surface area (Å²) in [5.41, 5.74) is 9.85. The summed E-state index contributed by atoms with van der Waals surface area (Å²) in [6.07, 6.45) is 0. The Bertz CT molecular complexity index is 2710. The van der Waals surface area contributed by atoms with Crippen LogP contribution in [-0.2, 0) is 40.9 Å². The molecule has 0 bridgehead atoms. The monoisotopic (exact) mass is 1370 g/mol. The third-order valence-electron chi connectivity index (χ3n) is 16.7. The zero-order valence-corrected chi connectivity index (χ0v) is 57.5. The average molecular weight is 1370 g/mol. The fourth-order valence-electron chi connectivity index (χ4n) is 13.3. The van der Waals surface area contributed by atoms with Crippen LogP contribution in [0.3, 0.4) is 0 Å². The van der Waals surface area contributed by atoms with Gasteiger partial charge < -0.3 is 24.0 Å². The molecule has 0 saturated heterocycles. The van der Waals surface area contributed by atoms with Gasteiger partial charge in [0.2, 0.25) is 0 Å². The number of nitrogens with zero attached hydrogens (tertiary/aromatic N) is 2. The van der Waals surface area contributed by atoms with Gasteiger partial charge in [-0.3, -0.25) is 9.48 Å². The van der Waals surface area contributed by atoms with Crippen LogP contribution >= 0.6 is 0 Å². The Morgan fingerprint density at radius 2 is 0.538 bits per heavy atom. The number of hydrogen-bond donors (Lipinski definition) is 0. The van der Waals surface area contributed by atoms with E-state index in [9.17, 15) is 6.21 Å². The maximum absolute atomic E-state index is 11.6. The molecule has 1 aromatic heterocycles. The van der Waals surface area contributed by atoms with E-state index >= 15 is 0 Å². The van der Waals surface area contributed by atoms with Gasteiger partial charge in [-0.2, -0.15) is 0 Å². The SMILES string of the molecule is CC(C)([CH2][Sn]([CH2]C(C)(C)c1ccccc1)([CH2]C(C)(C)c1ccccc1)[O][Sn]([CH2]C(C)(C)c1ccccc1)([CH2]C(C)(C)c1ccccc1)[CH2]C(C)(C)c1ccccc1)c1ccccc1.Cc1cc(=O)n(-c2ccccc2)n1C.[I-]. The number of benzene rings is 7. The Morgan fingerprint density at radius 1 is 0.346 bits per heavy atom. The molecular formula is C71H90IN2O2Sn2-. The first-order valence-electron chi connectivity index (χ1n) is 28.1. The first-order chi connectivity index (χ1) is 36.3. The van der Waals surface area contributed by atoms with E-state index in [-0.39, 0.29) is 62.0 Å². The number of rotatable bonds is 21. The van der Waals surface area contributed by atoms with Crippen LogP contribution in [0.1, 0.15) is 122 Å². The molecule has 1 heterocycles. The standard InChI is InChI=1S/C11H12N2O.6C10H13.HI.O.2Sn/c1-9-8-11(14)13(12(9)2)10-6-4-3-5-7-10;6*1-10(2,3)9-7-5-4-6-8-9;;;;/h3-8H,1-2H3;6*4-8H,1H2,2-3H3;1H;;;/p-1. The largest absolute Gasteiger partial charge is 1.00 e. The van der Waals surface area contributed by atoms with Crippen LogP contribution in [0.2, 0.25) is 26.6 Å². The van der Waals surface area contributed by atoms with E-state index < -0.39 is 37.6 Å². The predicted molar refractivity (Wildman–Crippen MR) is 334 cm³/mol. The van der Waals surface area contributed by atoms with Crippen molar-refractivity contribution in [3.05, 3.63) is 268 Å². The minimum absolute atomic E-state index is 0. The molecule has 0 fully saturated rings. The van der Waals surface area contributed by atoms with Crippen LogP contribution in [0.5, 0.6) is 0 Å². The van der Waals surface area contributed by atoms with E-state index in [2.05, 4.69) is 265 Å². The average Bonchev–Trinajstić information content (AvgIpc) is 3.78. The zero-order valence-electron chi connectivity index (χ0n) is 49.6. The van der Waals surface area contributed by atoms with Gasteiger partial charge in [0.05, 0.1) is 5.69 Å². The molecule has 0 N–H and O–H groups in total. The number of aromatic nitrogens is 2. The summed E-state index contributed by atoms with van der Waals surface area (Å²) in [6, 6.07) is 79.8. The number of hydrogen-bond acceptors (Lipinski definition) is 2. The second-order valence-corrected chi connectivity index (χ2v) is 50.4. The molecule has 0 aliphatic carbocycles. The normalized spacial score (nSPS) is 12.8. The van der Waals surface area contributed by atoms with Gasteiger partial charge in [-0.1, -0.05) is 18.2 Å². The molecule has 8 rings (SSSR count). The van der Waals surface area contributed by atoms with Crippen LogP contribution in [0.25, 0.3) is 5.69 Å². The fourth-order valence-corrected chi connectivity index (χ4v) is 76.3. The summed E-state index contributed by atoms with van der Waals surface area (Å²) in [6.45, 7) is 32.4. The summed E-state index contributed by atoms with van der Waals surface area (Å²) in [4.78, 5) is 11.6. The third-order valence-corrected chi connectivity index (χ3v) is 61.9. The quantitative estimate of drug-likeness (QED) is 0.0531. The van der Waals surface area contributed by atoms with Gasteiger partial charge in [-0.15, -0.1) is 0 Å². The van der Waals surface area contributed by atoms with Crippen molar-refractivity contribution in [3.63, 3.8) is 0 Å². The summed E-state index contributed by atoms with van der Waals surface area (Å²) in [5.74, 6) is 0. The van der Waals surface area contributed by atoms with E-state index in [1.165, 1.54) is 33.4 Å². The van der Waals surface area contributed by atoms with Crippen molar-refractivity contribution in [1.82, 2.24) is 9.36 Å². The summed E-state index contributed by atoms with van der Waals surface area (Å²) >= 11 is -8.23. The topological polar surface area (TPSA) is 36.2 Å². The minimum atomic E-state index is -4.11. The first-order valence-corrected chi connectivity index (χ1v) is 42.6. The zero-order chi connectivity index (χ0) is 55.8. The minimum Gasteiger partial charge on any atom is -1.00 e. The molecule has 0 radical (unpaired) electrons. The van der Waals surface area contributed by atoms with Crippen molar-refractivity contribution in [1.29, 1.82) is 0 Å². The molecule has 8 aromatic rings. The number of aryl methyl sites for hydroxylation is 1. The van der Waals surface area contributed by atoms with Crippen molar-refractivity contribution in [2.24, 2.45) is 7.05 Å². The van der Waals surface area contributed by atoms with E-state index in [1.54, 1.807) is 10.7 Å². The Kier molecular flexibility index (Phi) is 21.1. The van der Waals surface area contributed by atoms with Gasteiger partial charge in [0.1, 0.15) is 0 Å². The molecule has 0 unspecified atom stereocenters. The van der Waals surface area contributed by atoms with Crippen molar-refractivity contribution in [2.45, 2.75) is 149 Å². The molecule has 0 saturated carbocycles. The van der Waals surface area contributed by atoms with E-state index in [0.717, 1.165) is 38.0 Å². The van der Waals surface area contributed by atoms with Crippen LogP contribution in [0.15, 0.2) is 223 Å². The summed E-state index contributed by atoms with van der Waals surface area (Å²) < 4.78 is 19.6. The van der Waals surface area contributed by atoms with Gasteiger partial charge >= 0.3 is 397 Å². The predicted octanol–water partition coefficient (Wildman–Crippen LogP) is 15.2. The van der Waals surface area contributed by atoms with Gasteiger partial charge in [0.25, 0.3) is 5.56 Å². The summed E-state index contributed by atoms with van der Waals surface area (Å²) in [7, 11) is 1.88. The molecule has 7 aromatic carbocycles. The van der Waals surface area contributed by atoms with Gasteiger partial charge in [-0.25, -0.2) is 4.68 Å². The van der Waals surface area contributed by atoms with Gasteiger partial charge in [0, 0.05) is 18.8 Å². The molecule has 7 heteroatoms. The summed E-state index contributed by atoms with van der Waals surface area (Å²) in [5, 5.41) is 0. The smallest absolute Gasteiger partial charge is 0.271 e. The fraction of sp³-hybridized carbons (Fsp3) is 0.366. The van der Waals surface area contributed by atoms with Crippen molar-refractivity contribution >= 4 is 37.6 Å². The van der Waals surface area contributed by atoms with E-state index in [1.807, 2.05) is 49.0 Å². The molecule has 4 nitrogen and oxygen atoms in total. The van der Waals surface area contributed by atoms with E-state index in [0.29, 0.717) is 0 Å². The van der Waals surface area contributed by atoms with Crippen molar-refractivity contribution in [2.75, 3.05) is 0 Å². The second-order valence-electron chi connectivity index (χ2n) is 26.3. The third kappa shape index (κ3) is 16.1. The molecular weight excluding hydrogens is 1280 g/mol. The van der Waals surface area contributed by atoms with Crippen LogP contribution in [-0.4, -0.2) is 46.9 Å². The Balaban J connectivity index is 0.000000565. The molecule has 0 aliphatic rings. The molecule has 0 spiro atoms. The molecule has 0 atom stereocenters.